The number of rotatable bonds is 4. The fourth-order valence-electron chi connectivity index (χ4n) is 1.46. The summed E-state index contributed by atoms with van der Waals surface area (Å²) >= 11 is 0. The number of aliphatic hydroxyl groups excluding tert-OH is 1. The van der Waals surface area contributed by atoms with E-state index in [1.165, 1.54) is 0 Å². The van der Waals surface area contributed by atoms with Gasteiger partial charge in [0.15, 0.2) is 0 Å². The standard InChI is InChI=1S/C9H15NO4/c1-6(3-9(13)14)2-8(12)10-4-7(11)5-10/h6-7,11H,2-5H2,1H3,(H,13,14). The average molecular weight is 201 g/mol. The molecule has 1 saturated heterocycles. The first-order valence-electron chi connectivity index (χ1n) is 4.66. The summed E-state index contributed by atoms with van der Waals surface area (Å²) in [5.41, 5.74) is 0. The fraction of sp³-hybridized carbons (Fsp3) is 0.778. The number of carbonyl (C=O) groups excluding carboxylic acids is 1. The molecule has 0 bridgehead atoms. The van der Waals surface area contributed by atoms with Gasteiger partial charge in [0.25, 0.3) is 0 Å². The quantitative estimate of drug-likeness (QED) is 0.654. The zero-order chi connectivity index (χ0) is 10.7. The zero-order valence-electron chi connectivity index (χ0n) is 8.14. The van der Waals surface area contributed by atoms with Crippen molar-refractivity contribution in [3.8, 4) is 0 Å². The van der Waals surface area contributed by atoms with Crippen LogP contribution in [-0.4, -0.2) is 46.2 Å². The fourth-order valence-corrected chi connectivity index (χ4v) is 1.46. The molecule has 0 aromatic rings. The third-order valence-corrected chi connectivity index (χ3v) is 2.26. The van der Waals surface area contributed by atoms with Crippen LogP contribution in [0, 0.1) is 5.92 Å². The Morgan fingerprint density at radius 1 is 1.43 bits per heavy atom. The van der Waals surface area contributed by atoms with Crippen LogP contribution in [0.5, 0.6) is 0 Å². The molecule has 1 fully saturated rings. The number of aliphatic hydroxyl groups is 1. The van der Waals surface area contributed by atoms with E-state index in [9.17, 15) is 9.59 Å². The van der Waals surface area contributed by atoms with Crippen LogP contribution in [0.1, 0.15) is 19.8 Å². The molecule has 80 valence electrons. The average Bonchev–Trinajstić information content (AvgIpc) is 1.96. The highest BCUT2D eigenvalue weighted by Gasteiger charge is 2.29. The molecule has 1 aliphatic rings. The smallest absolute Gasteiger partial charge is 0.303 e. The lowest BCUT2D eigenvalue weighted by molar-refractivity contribution is -0.143. The van der Waals surface area contributed by atoms with E-state index in [1.54, 1.807) is 11.8 Å². The van der Waals surface area contributed by atoms with E-state index in [0.717, 1.165) is 0 Å². The van der Waals surface area contributed by atoms with E-state index in [2.05, 4.69) is 0 Å². The Kier molecular flexibility index (Phi) is 3.46. The highest BCUT2D eigenvalue weighted by atomic mass is 16.4. The molecule has 0 aromatic carbocycles. The number of hydrogen-bond donors (Lipinski definition) is 2. The van der Waals surface area contributed by atoms with Crippen molar-refractivity contribution < 1.29 is 19.8 Å². The highest BCUT2D eigenvalue weighted by Crippen LogP contribution is 2.14. The Labute approximate surface area is 82.3 Å². The summed E-state index contributed by atoms with van der Waals surface area (Å²) in [6.07, 6.45) is -0.130. The molecule has 1 rings (SSSR count). The molecule has 1 amide bonds. The number of carboxylic acids is 1. The number of likely N-dealkylation sites (tertiary alicyclic amines) is 1. The maximum Gasteiger partial charge on any atom is 0.303 e. The van der Waals surface area contributed by atoms with Crippen LogP contribution in [0.3, 0.4) is 0 Å². The van der Waals surface area contributed by atoms with Crippen LogP contribution >= 0.6 is 0 Å². The molecule has 14 heavy (non-hydrogen) atoms. The maximum absolute atomic E-state index is 11.4. The maximum atomic E-state index is 11.4. The van der Waals surface area contributed by atoms with Gasteiger partial charge in [-0.25, -0.2) is 0 Å². The van der Waals surface area contributed by atoms with Gasteiger partial charge < -0.3 is 15.1 Å². The van der Waals surface area contributed by atoms with Crippen molar-refractivity contribution in [2.24, 2.45) is 5.92 Å². The van der Waals surface area contributed by atoms with Crippen molar-refractivity contribution in [2.75, 3.05) is 13.1 Å². The lowest BCUT2D eigenvalue weighted by atomic mass is 10.0. The van der Waals surface area contributed by atoms with Crippen molar-refractivity contribution in [3.05, 3.63) is 0 Å². The van der Waals surface area contributed by atoms with Crippen molar-refractivity contribution in [1.82, 2.24) is 4.90 Å². The monoisotopic (exact) mass is 201 g/mol. The number of aliphatic carboxylic acids is 1. The second kappa shape index (κ2) is 4.41. The first kappa shape index (κ1) is 11.0. The van der Waals surface area contributed by atoms with Crippen LogP contribution in [-0.2, 0) is 9.59 Å². The van der Waals surface area contributed by atoms with Crippen LogP contribution in [0.2, 0.25) is 0 Å². The van der Waals surface area contributed by atoms with Crippen LogP contribution in [0.4, 0.5) is 0 Å². The van der Waals surface area contributed by atoms with Gasteiger partial charge in [-0.3, -0.25) is 9.59 Å². The second-order valence-electron chi connectivity index (χ2n) is 3.86. The van der Waals surface area contributed by atoms with E-state index in [4.69, 9.17) is 10.2 Å². The minimum Gasteiger partial charge on any atom is -0.481 e. The lowest BCUT2D eigenvalue weighted by Gasteiger charge is -2.36. The van der Waals surface area contributed by atoms with Gasteiger partial charge in [-0.2, -0.15) is 0 Å². The number of carboxylic acid groups (broad SMARTS) is 1. The van der Waals surface area contributed by atoms with Crippen LogP contribution in [0.25, 0.3) is 0 Å². The van der Waals surface area contributed by atoms with E-state index < -0.39 is 12.1 Å². The first-order chi connectivity index (χ1) is 6.49. The molecule has 5 nitrogen and oxygen atoms in total. The topological polar surface area (TPSA) is 77.8 Å². The lowest BCUT2D eigenvalue weighted by Crippen LogP contribution is -2.53. The third-order valence-electron chi connectivity index (χ3n) is 2.26. The minimum absolute atomic E-state index is 0.0160. The Balaban J connectivity index is 2.23. The predicted octanol–water partition coefficient (Wildman–Crippen LogP) is -0.310. The predicted molar refractivity (Wildman–Crippen MR) is 48.6 cm³/mol. The number of nitrogens with zero attached hydrogens (tertiary/aromatic N) is 1. The molecule has 1 aliphatic heterocycles. The van der Waals surface area contributed by atoms with E-state index in [-0.39, 0.29) is 24.7 Å². The Hall–Kier alpha value is -1.10. The van der Waals surface area contributed by atoms with Crippen molar-refractivity contribution in [3.63, 3.8) is 0 Å². The number of β-amino-alcohol motifs (C(OH)–C–C–N with tert-alkyl or cyclic N) is 1. The molecule has 0 aromatic heterocycles. The molecule has 1 heterocycles. The molecule has 0 radical (unpaired) electrons. The molecule has 5 heteroatoms. The summed E-state index contributed by atoms with van der Waals surface area (Å²) in [6.45, 7) is 2.51. The molecule has 1 unspecified atom stereocenters. The van der Waals surface area contributed by atoms with Gasteiger partial charge in [0.05, 0.1) is 6.10 Å². The zero-order valence-corrected chi connectivity index (χ0v) is 8.14. The molecule has 0 saturated carbocycles. The Morgan fingerprint density at radius 3 is 2.43 bits per heavy atom. The van der Waals surface area contributed by atoms with Crippen molar-refractivity contribution >= 4 is 11.9 Å². The number of carbonyl (C=O) groups is 2. The van der Waals surface area contributed by atoms with Gasteiger partial charge in [-0.05, 0) is 5.92 Å². The van der Waals surface area contributed by atoms with Gasteiger partial charge in [-0.1, -0.05) is 6.92 Å². The number of hydrogen-bond acceptors (Lipinski definition) is 3. The Bertz CT molecular complexity index is 235. The highest BCUT2D eigenvalue weighted by molar-refractivity contribution is 5.78. The summed E-state index contributed by atoms with van der Waals surface area (Å²) in [5, 5.41) is 17.4. The third kappa shape index (κ3) is 2.99. The SMILES string of the molecule is CC(CC(=O)O)CC(=O)N1CC(O)C1. The molecule has 0 spiro atoms. The molecular formula is C9H15NO4. The van der Waals surface area contributed by atoms with E-state index >= 15 is 0 Å². The van der Waals surface area contributed by atoms with Gasteiger partial charge in [0.1, 0.15) is 0 Å². The summed E-state index contributed by atoms with van der Waals surface area (Å²) in [5.74, 6) is -1.09. The van der Waals surface area contributed by atoms with Crippen molar-refractivity contribution in [1.29, 1.82) is 0 Å². The largest absolute Gasteiger partial charge is 0.481 e. The van der Waals surface area contributed by atoms with Crippen molar-refractivity contribution in [2.45, 2.75) is 25.9 Å². The van der Waals surface area contributed by atoms with Gasteiger partial charge in [0.2, 0.25) is 5.91 Å². The summed E-state index contributed by atoms with van der Waals surface area (Å²) in [6, 6.07) is 0. The Morgan fingerprint density at radius 2 is 2.00 bits per heavy atom. The van der Waals surface area contributed by atoms with Gasteiger partial charge in [0, 0.05) is 25.9 Å². The summed E-state index contributed by atoms with van der Waals surface area (Å²) in [4.78, 5) is 23.3. The van der Waals surface area contributed by atoms with Gasteiger partial charge >= 0.3 is 5.97 Å². The van der Waals surface area contributed by atoms with E-state index in [0.29, 0.717) is 13.1 Å². The molecule has 1 atom stereocenters. The normalized spacial score (nSPS) is 18.9. The minimum atomic E-state index is -0.881. The summed E-state index contributed by atoms with van der Waals surface area (Å²) in [7, 11) is 0. The van der Waals surface area contributed by atoms with E-state index in [1.807, 2.05) is 0 Å². The van der Waals surface area contributed by atoms with Gasteiger partial charge in [-0.15, -0.1) is 0 Å². The first-order valence-corrected chi connectivity index (χ1v) is 4.66. The second-order valence-corrected chi connectivity index (χ2v) is 3.86. The van der Waals surface area contributed by atoms with Crippen LogP contribution < -0.4 is 0 Å². The molecule has 2 N–H and O–H groups in total. The van der Waals surface area contributed by atoms with Crippen LogP contribution in [0.15, 0.2) is 0 Å². The summed E-state index contributed by atoms with van der Waals surface area (Å²) < 4.78 is 0. The molecular weight excluding hydrogens is 186 g/mol. The number of amides is 1. The molecule has 0 aliphatic carbocycles.